The normalized spacial score (nSPS) is 13.5. The molecule has 1 aromatic carbocycles. The van der Waals surface area contributed by atoms with Gasteiger partial charge < -0.3 is 14.5 Å². The van der Waals surface area contributed by atoms with Crippen molar-refractivity contribution in [2.75, 3.05) is 5.32 Å². The molecule has 0 saturated carbocycles. The molecule has 126 valence electrons. The van der Waals surface area contributed by atoms with Crippen LogP contribution in [0.25, 0.3) is 0 Å². The predicted molar refractivity (Wildman–Crippen MR) is 86.4 cm³/mol. The van der Waals surface area contributed by atoms with Gasteiger partial charge in [0, 0.05) is 18.8 Å². The number of nitrogens with zero attached hydrogens (tertiary/aromatic N) is 2. The van der Waals surface area contributed by atoms with Gasteiger partial charge in [0.05, 0.1) is 6.20 Å². The number of carbonyl (C=O) groups is 2. The Morgan fingerprint density at radius 3 is 2.67 bits per heavy atom. The first kappa shape index (κ1) is 16.0. The summed E-state index contributed by atoms with van der Waals surface area (Å²) in [6.07, 6.45) is 2.22. The lowest BCUT2D eigenvalue weighted by atomic mass is 10.1. The second-order valence-corrected chi connectivity index (χ2v) is 6.64. The third-order valence-electron chi connectivity index (χ3n) is 3.49. The smallest absolute Gasteiger partial charge is 0.410 e. The summed E-state index contributed by atoms with van der Waals surface area (Å²) in [5, 5.41) is 2.75. The summed E-state index contributed by atoms with van der Waals surface area (Å²) < 4.78 is 10.4. The molecule has 24 heavy (non-hydrogen) atoms. The maximum absolute atomic E-state index is 12.2. The highest BCUT2D eigenvalue weighted by molar-refractivity contribution is 6.02. The Balaban J connectivity index is 1.68. The number of aromatic nitrogens is 1. The largest absolute Gasteiger partial charge is 0.444 e. The molecule has 0 fully saturated rings. The van der Waals surface area contributed by atoms with Gasteiger partial charge in [0.25, 0.3) is 5.91 Å². The first-order valence-corrected chi connectivity index (χ1v) is 7.61. The fourth-order valence-corrected chi connectivity index (χ4v) is 2.45. The first-order valence-electron chi connectivity index (χ1n) is 7.61. The van der Waals surface area contributed by atoms with E-state index in [0.29, 0.717) is 18.8 Å². The number of nitrogens with one attached hydrogen (secondary N) is 1. The lowest BCUT2D eigenvalue weighted by Crippen LogP contribution is -2.33. The number of ether oxygens (including phenoxy) is 1. The molecule has 7 nitrogen and oxygen atoms in total. The van der Waals surface area contributed by atoms with E-state index in [1.54, 1.807) is 11.0 Å². The minimum atomic E-state index is -0.526. The van der Waals surface area contributed by atoms with Crippen LogP contribution >= 0.6 is 0 Å². The Morgan fingerprint density at radius 1 is 1.25 bits per heavy atom. The minimum Gasteiger partial charge on any atom is -0.444 e. The standard InChI is InChI=1S/C17H19N3O4/c1-17(2,3)24-16(22)20-8-11-4-5-13(6-12(11)9-20)19-15(21)14-7-18-10-23-14/h4-7,10H,8-9H2,1-3H3,(H,19,21). The van der Waals surface area contributed by atoms with Crippen LogP contribution in [-0.4, -0.2) is 27.5 Å². The van der Waals surface area contributed by atoms with Crippen LogP contribution in [0.4, 0.5) is 10.5 Å². The number of carbonyl (C=O) groups excluding carboxylic acids is 2. The van der Waals surface area contributed by atoms with E-state index in [4.69, 9.17) is 9.15 Å². The maximum atomic E-state index is 12.2. The Hall–Kier alpha value is -2.83. The van der Waals surface area contributed by atoms with Crippen molar-refractivity contribution in [3.63, 3.8) is 0 Å². The zero-order valence-electron chi connectivity index (χ0n) is 13.8. The van der Waals surface area contributed by atoms with E-state index in [9.17, 15) is 9.59 Å². The van der Waals surface area contributed by atoms with Gasteiger partial charge in [0.1, 0.15) is 5.60 Å². The van der Waals surface area contributed by atoms with Crippen LogP contribution in [-0.2, 0) is 17.8 Å². The second-order valence-electron chi connectivity index (χ2n) is 6.64. The highest BCUT2D eigenvalue weighted by atomic mass is 16.6. The molecule has 3 rings (SSSR count). The molecular formula is C17H19N3O4. The number of hydrogen-bond donors (Lipinski definition) is 1. The fraction of sp³-hybridized carbons (Fsp3) is 0.353. The molecule has 0 atom stereocenters. The number of amides is 2. The lowest BCUT2D eigenvalue weighted by molar-refractivity contribution is 0.0241. The first-order chi connectivity index (χ1) is 11.3. The highest BCUT2D eigenvalue weighted by Gasteiger charge is 2.28. The van der Waals surface area contributed by atoms with Crippen LogP contribution in [0.1, 0.15) is 42.5 Å². The summed E-state index contributed by atoms with van der Waals surface area (Å²) in [6.45, 7) is 6.47. The van der Waals surface area contributed by atoms with Gasteiger partial charge in [0.2, 0.25) is 5.76 Å². The molecule has 0 aliphatic carbocycles. The summed E-state index contributed by atoms with van der Waals surface area (Å²) in [7, 11) is 0. The van der Waals surface area contributed by atoms with E-state index in [-0.39, 0.29) is 17.8 Å². The number of fused-ring (bicyclic) bond motifs is 1. The number of anilines is 1. The van der Waals surface area contributed by atoms with Crippen molar-refractivity contribution >= 4 is 17.7 Å². The van der Waals surface area contributed by atoms with Crippen molar-refractivity contribution < 1.29 is 18.7 Å². The lowest BCUT2D eigenvalue weighted by Gasteiger charge is -2.24. The Kier molecular flexibility index (Phi) is 4.01. The monoisotopic (exact) mass is 329 g/mol. The summed E-state index contributed by atoms with van der Waals surface area (Å²) in [5.74, 6) is -0.222. The van der Waals surface area contributed by atoms with Crippen LogP contribution in [0.5, 0.6) is 0 Å². The van der Waals surface area contributed by atoms with E-state index in [2.05, 4.69) is 10.3 Å². The number of benzene rings is 1. The Labute approximate surface area is 139 Å². The number of hydrogen-bond acceptors (Lipinski definition) is 5. The van der Waals surface area contributed by atoms with E-state index in [1.807, 2.05) is 32.9 Å². The van der Waals surface area contributed by atoms with Crippen molar-refractivity contribution in [2.45, 2.75) is 39.5 Å². The molecular weight excluding hydrogens is 310 g/mol. The SMILES string of the molecule is CC(C)(C)OC(=O)N1Cc2ccc(NC(=O)c3cnco3)cc2C1. The molecule has 2 aromatic rings. The van der Waals surface area contributed by atoms with Crippen molar-refractivity contribution in [3.8, 4) is 0 Å². The van der Waals surface area contributed by atoms with Gasteiger partial charge in [-0.1, -0.05) is 6.07 Å². The molecule has 7 heteroatoms. The molecule has 1 aliphatic heterocycles. The van der Waals surface area contributed by atoms with E-state index >= 15 is 0 Å². The molecule has 2 heterocycles. The van der Waals surface area contributed by atoms with E-state index in [0.717, 1.165) is 11.1 Å². The maximum Gasteiger partial charge on any atom is 0.410 e. The predicted octanol–water partition coefficient (Wildman–Crippen LogP) is 3.18. The van der Waals surface area contributed by atoms with Crippen LogP contribution in [0.2, 0.25) is 0 Å². The average molecular weight is 329 g/mol. The molecule has 1 aliphatic rings. The van der Waals surface area contributed by atoms with Gasteiger partial charge in [0.15, 0.2) is 6.39 Å². The quantitative estimate of drug-likeness (QED) is 0.914. The van der Waals surface area contributed by atoms with Crippen LogP contribution in [0, 0.1) is 0 Å². The summed E-state index contributed by atoms with van der Waals surface area (Å²) in [5.41, 5.74) is 2.14. The molecule has 0 spiro atoms. The van der Waals surface area contributed by atoms with E-state index < -0.39 is 5.60 Å². The van der Waals surface area contributed by atoms with Crippen molar-refractivity contribution in [1.82, 2.24) is 9.88 Å². The molecule has 0 saturated heterocycles. The summed E-state index contributed by atoms with van der Waals surface area (Å²) >= 11 is 0. The molecule has 0 bridgehead atoms. The van der Waals surface area contributed by atoms with Crippen LogP contribution in [0.3, 0.4) is 0 Å². The number of rotatable bonds is 2. The molecule has 1 N–H and O–H groups in total. The van der Waals surface area contributed by atoms with Crippen molar-refractivity contribution in [1.29, 1.82) is 0 Å². The summed E-state index contributed by atoms with van der Waals surface area (Å²) in [6, 6.07) is 5.55. The Morgan fingerprint density at radius 2 is 2.00 bits per heavy atom. The summed E-state index contributed by atoms with van der Waals surface area (Å²) in [4.78, 5) is 29.5. The molecule has 1 aromatic heterocycles. The minimum absolute atomic E-state index is 0.144. The average Bonchev–Trinajstić information content (AvgIpc) is 3.14. The van der Waals surface area contributed by atoms with Gasteiger partial charge >= 0.3 is 6.09 Å². The van der Waals surface area contributed by atoms with Gasteiger partial charge in [-0.2, -0.15) is 0 Å². The number of oxazole rings is 1. The topological polar surface area (TPSA) is 84.7 Å². The van der Waals surface area contributed by atoms with Gasteiger partial charge in [-0.3, -0.25) is 9.69 Å². The van der Waals surface area contributed by atoms with Crippen LogP contribution < -0.4 is 5.32 Å². The van der Waals surface area contributed by atoms with Gasteiger partial charge in [-0.25, -0.2) is 9.78 Å². The van der Waals surface area contributed by atoms with Crippen LogP contribution in [0.15, 0.2) is 35.2 Å². The highest BCUT2D eigenvalue weighted by Crippen LogP contribution is 2.27. The third-order valence-corrected chi connectivity index (χ3v) is 3.49. The van der Waals surface area contributed by atoms with Gasteiger partial charge in [-0.15, -0.1) is 0 Å². The van der Waals surface area contributed by atoms with Gasteiger partial charge in [-0.05, 0) is 44.0 Å². The molecule has 0 unspecified atom stereocenters. The Bertz CT molecular complexity index is 763. The third kappa shape index (κ3) is 3.56. The zero-order chi connectivity index (χ0) is 17.3. The van der Waals surface area contributed by atoms with Crippen molar-refractivity contribution in [3.05, 3.63) is 47.7 Å². The zero-order valence-corrected chi connectivity index (χ0v) is 13.8. The fourth-order valence-electron chi connectivity index (χ4n) is 2.45. The molecule has 0 radical (unpaired) electrons. The molecule has 2 amide bonds. The second kappa shape index (κ2) is 5.99. The van der Waals surface area contributed by atoms with Crippen molar-refractivity contribution in [2.24, 2.45) is 0 Å². The van der Waals surface area contributed by atoms with E-state index in [1.165, 1.54) is 12.6 Å².